The summed E-state index contributed by atoms with van der Waals surface area (Å²) in [7, 11) is 0. The first-order valence-electron chi connectivity index (χ1n) is 16.0. The second-order valence-corrected chi connectivity index (χ2v) is 10.9. The summed E-state index contributed by atoms with van der Waals surface area (Å²) in [6, 6.07) is 20.6. The van der Waals surface area contributed by atoms with Gasteiger partial charge in [0.25, 0.3) is 0 Å². The molecule has 3 heteroatoms. The van der Waals surface area contributed by atoms with Crippen molar-refractivity contribution in [3.05, 3.63) is 60.7 Å². The SMILES string of the molecule is CCCCCCCCCCCN(C(=O)N(CCCCCCCCCCC)c1ccccc1)c1ccccc1. The van der Waals surface area contributed by atoms with E-state index in [-0.39, 0.29) is 6.03 Å². The maximum Gasteiger partial charge on any atom is 0.328 e. The van der Waals surface area contributed by atoms with Gasteiger partial charge in [-0.3, -0.25) is 9.80 Å². The molecule has 0 heterocycles. The minimum atomic E-state index is 0.113. The Morgan fingerprint density at radius 3 is 1.05 bits per heavy atom. The van der Waals surface area contributed by atoms with Crippen LogP contribution in [0.5, 0.6) is 0 Å². The third-order valence-electron chi connectivity index (χ3n) is 7.57. The monoisotopic (exact) mass is 520 g/mol. The Kier molecular flexibility index (Phi) is 18.2. The number of carbonyl (C=O) groups excluding carboxylic acids is 1. The fourth-order valence-corrected chi connectivity index (χ4v) is 5.19. The van der Waals surface area contributed by atoms with Crippen LogP contribution in [0.1, 0.15) is 129 Å². The van der Waals surface area contributed by atoms with Gasteiger partial charge in [0, 0.05) is 24.5 Å². The molecule has 2 aromatic rings. The highest BCUT2D eigenvalue weighted by atomic mass is 16.2. The zero-order valence-electron chi connectivity index (χ0n) is 24.7. The quantitative estimate of drug-likeness (QED) is 0.142. The molecule has 0 bridgehead atoms. The van der Waals surface area contributed by atoms with Gasteiger partial charge in [0.15, 0.2) is 0 Å². The predicted molar refractivity (Wildman–Crippen MR) is 167 cm³/mol. The maximum atomic E-state index is 14.0. The van der Waals surface area contributed by atoms with E-state index < -0.39 is 0 Å². The van der Waals surface area contributed by atoms with Crippen LogP contribution in [0.15, 0.2) is 60.7 Å². The molecule has 0 saturated heterocycles. The van der Waals surface area contributed by atoms with E-state index >= 15 is 0 Å². The number of amides is 2. The second-order valence-electron chi connectivity index (χ2n) is 10.9. The molecule has 2 aromatic carbocycles. The Morgan fingerprint density at radius 1 is 0.447 bits per heavy atom. The topological polar surface area (TPSA) is 23.6 Å². The highest BCUT2D eigenvalue weighted by molar-refractivity contribution is 6.03. The van der Waals surface area contributed by atoms with Gasteiger partial charge in [-0.1, -0.05) is 153 Å². The fourth-order valence-electron chi connectivity index (χ4n) is 5.19. The van der Waals surface area contributed by atoms with Crippen LogP contribution in [-0.2, 0) is 0 Å². The van der Waals surface area contributed by atoms with E-state index in [1.807, 2.05) is 46.2 Å². The van der Waals surface area contributed by atoms with Crippen LogP contribution in [0.3, 0.4) is 0 Å². The standard InChI is InChI=1S/C35H56N2O/c1-3-5-7-9-11-13-15-17-25-31-36(33-27-21-19-22-28-33)35(38)37(34-29-23-20-24-30-34)32-26-18-16-14-12-10-8-6-4-2/h19-24,27-30H,3-18,25-26,31-32H2,1-2H3. The molecule has 0 radical (unpaired) electrons. The average Bonchev–Trinajstić information content (AvgIpc) is 2.96. The van der Waals surface area contributed by atoms with Gasteiger partial charge in [0.1, 0.15) is 0 Å². The third kappa shape index (κ3) is 13.5. The van der Waals surface area contributed by atoms with Crippen molar-refractivity contribution in [3.63, 3.8) is 0 Å². The molecule has 2 rings (SSSR count). The van der Waals surface area contributed by atoms with E-state index in [2.05, 4.69) is 38.1 Å². The molecule has 0 aromatic heterocycles. The molecular formula is C35H56N2O. The first-order chi connectivity index (χ1) is 18.8. The largest absolute Gasteiger partial charge is 0.328 e. The number of unbranched alkanes of at least 4 members (excludes halogenated alkanes) is 16. The lowest BCUT2D eigenvalue weighted by Crippen LogP contribution is -2.44. The molecule has 38 heavy (non-hydrogen) atoms. The van der Waals surface area contributed by atoms with Crippen molar-refractivity contribution in [1.29, 1.82) is 0 Å². The van der Waals surface area contributed by atoms with Crippen LogP contribution in [-0.4, -0.2) is 19.1 Å². The number of carbonyl (C=O) groups is 1. The van der Waals surface area contributed by atoms with Crippen LogP contribution >= 0.6 is 0 Å². The van der Waals surface area contributed by atoms with E-state index in [1.165, 1.54) is 103 Å². The van der Waals surface area contributed by atoms with Gasteiger partial charge < -0.3 is 0 Å². The zero-order chi connectivity index (χ0) is 27.1. The number of urea groups is 1. The van der Waals surface area contributed by atoms with Crippen molar-refractivity contribution < 1.29 is 4.79 Å². The normalized spacial score (nSPS) is 11.0. The highest BCUT2D eigenvalue weighted by Crippen LogP contribution is 2.23. The summed E-state index contributed by atoms with van der Waals surface area (Å²) in [5, 5.41) is 0. The van der Waals surface area contributed by atoms with Gasteiger partial charge in [-0.05, 0) is 37.1 Å². The Bertz CT molecular complexity index is 740. The number of rotatable bonds is 22. The van der Waals surface area contributed by atoms with E-state index in [1.54, 1.807) is 0 Å². The lowest BCUT2D eigenvalue weighted by Gasteiger charge is -2.31. The zero-order valence-corrected chi connectivity index (χ0v) is 24.7. The minimum Gasteiger partial charge on any atom is -0.294 e. The molecular weight excluding hydrogens is 464 g/mol. The number of anilines is 2. The first-order valence-corrected chi connectivity index (χ1v) is 16.0. The smallest absolute Gasteiger partial charge is 0.294 e. The lowest BCUT2D eigenvalue weighted by atomic mass is 10.1. The summed E-state index contributed by atoms with van der Waals surface area (Å²) < 4.78 is 0. The number of para-hydroxylation sites is 2. The Hall–Kier alpha value is -2.29. The molecule has 0 aliphatic heterocycles. The van der Waals surface area contributed by atoms with Crippen LogP contribution in [0, 0.1) is 0 Å². The molecule has 212 valence electrons. The van der Waals surface area contributed by atoms with E-state index in [9.17, 15) is 4.79 Å². The molecule has 0 atom stereocenters. The summed E-state index contributed by atoms with van der Waals surface area (Å²) in [4.78, 5) is 18.1. The molecule has 0 aliphatic carbocycles. The number of hydrogen-bond acceptors (Lipinski definition) is 1. The minimum absolute atomic E-state index is 0.113. The van der Waals surface area contributed by atoms with E-state index in [0.29, 0.717) is 0 Å². The van der Waals surface area contributed by atoms with Crippen molar-refractivity contribution in [2.45, 2.75) is 129 Å². The molecule has 0 N–H and O–H groups in total. The third-order valence-corrected chi connectivity index (χ3v) is 7.57. The Labute approximate surface area is 235 Å². The Balaban J connectivity index is 1.91. The summed E-state index contributed by atoms with van der Waals surface area (Å²) in [5.41, 5.74) is 2.01. The van der Waals surface area contributed by atoms with Gasteiger partial charge in [0.05, 0.1) is 0 Å². The number of benzene rings is 2. The molecule has 3 nitrogen and oxygen atoms in total. The predicted octanol–water partition coefficient (Wildman–Crippen LogP) is 11.2. The second kappa shape index (κ2) is 21.6. The van der Waals surface area contributed by atoms with Crippen LogP contribution < -0.4 is 9.80 Å². The molecule has 0 fully saturated rings. The number of nitrogens with zero attached hydrogens (tertiary/aromatic N) is 2. The molecule has 0 saturated carbocycles. The molecule has 2 amide bonds. The van der Waals surface area contributed by atoms with Gasteiger partial charge in [-0.2, -0.15) is 0 Å². The van der Waals surface area contributed by atoms with Crippen LogP contribution in [0.4, 0.5) is 16.2 Å². The van der Waals surface area contributed by atoms with E-state index in [4.69, 9.17) is 0 Å². The van der Waals surface area contributed by atoms with Gasteiger partial charge in [0.2, 0.25) is 0 Å². The molecule has 0 spiro atoms. The van der Waals surface area contributed by atoms with Crippen molar-refractivity contribution in [1.82, 2.24) is 0 Å². The summed E-state index contributed by atoms with van der Waals surface area (Å²) in [6.07, 6.45) is 23.2. The van der Waals surface area contributed by atoms with Crippen molar-refractivity contribution in [2.75, 3.05) is 22.9 Å². The molecule has 0 aliphatic rings. The summed E-state index contributed by atoms with van der Waals surface area (Å²) in [5.74, 6) is 0. The maximum absolute atomic E-state index is 14.0. The lowest BCUT2D eigenvalue weighted by molar-refractivity contribution is 0.251. The van der Waals surface area contributed by atoms with Crippen molar-refractivity contribution in [3.8, 4) is 0 Å². The number of hydrogen-bond donors (Lipinski definition) is 0. The van der Waals surface area contributed by atoms with Gasteiger partial charge in [-0.15, -0.1) is 0 Å². The highest BCUT2D eigenvalue weighted by Gasteiger charge is 2.23. The van der Waals surface area contributed by atoms with Gasteiger partial charge in [-0.25, -0.2) is 4.79 Å². The van der Waals surface area contributed by atoms with Crippen LogP contribution in [0.25, 0.3) is 0 Å². The average molecular weight is 521 g/mol. The summed E-state index contributed by atoms with van der Waals surface area (Å²) >= 11 is 0. The fraction of sp³-hybridized carbons (Fsp3) is 0.629. The summed E-state index contributed by atoms with van der Waals surface area (Å²) in [6.45, 7) is 6.10. The van der Waals surface area contributed by atoms with Crippen LogP contribution in [0.2, 0.25) is 0 Å². The van der Waals surface area contributed by atoms with E-state index in [0.717, 1.165) is 37.3 Å². The van der Waals surface area contributed by atoms with Crippen molar-refractivity contribution in [2.24, 2.45) is 0 Å². The molecule has 0 unspecified atom stereocenters. The van der Waals surface area contributed by atoms with Gasteiger partial charge >= 0.3 is 6.03 Å². The first kappa shape index (κ1) is 31.9. The van der Waals surface area contributed by atoms with Crippen molar-refractivity contribution >= 4 is 17.4 Å². The Morgan fingerprint density at radius 2 is 0.737 bits per heavy atom.